The van der Waals surface area contributed by atoms with Crippen LogP contribution >= 0.6 is 0 Å². The van der Waals surface area contributed by atoms with Gasteiger partial charge < -0.3 is 4.74 Å². The minimum atomic E-state index is -3.53. The van der Waals surface area contributed by atoms with Crippen LogP contribution in [0.25, 0.3) is 0 Å². The Hall–Kier alpha value is -0.720. The lowest BCUT2D eigenvalue weighted by atomic mass is 10.0. The van der Waals surface area contributed by atoms with Crippen molar-refractivity contribution in [3.8, 4) is 6.07 Å². The van der Waals surface area contributed by atoms with Crippen molar-refractivity contribution < 1.29 is 13.2 Å². The predicted octanol–water partition coefficient (Wildman–Crippen LogP) is -0.223. The second-order valence-corrected chi connectivity index (χ2v) is 7.33. The normalized spacial score (nSPS) is 18.1. The summed E-state index contributed by atoms with van der Waals surface area (Å²) in [4.78, 5) is 2.22. The maximum absolute atomic E-state index is 12.0. The number of nitrogens with one attached hydrogen (secondary N) is 1. The molecule has 0 aromatic carbocycles. The molecule has 1 aliphatic heterocycles. The van der Waals surface area contributed by atoms with Gasteiger partial charge in [-0.15, -0.1) is 0 Å². The van der Waals surface area contributed by atoms with Crippen molar-refractivity contribution in [3.63, 3.8) is 0 Å². The summed E-state index contributed by atoms with van der Waals surface area (Å²) in [7, 11) is -2.06. The molecular weight excluding hydrogens is 280 g/mol. The van der Waals surface area contributed by atoms with Gasteiger partial charge in [-0.25, -0.2) is 4.72 Å². The van der Waals surface area contributed by atoms with Crippen LogP contribution in [-0.2, 0) is 14.9 Å². The van der Waals surface area contributed by atoms with E-state index in [0.717, 1.165) is 13.1 Å². The van der Waals surface area contributed by atoms with Crippen molar-refractivity contribution in [1.82, 2.24) is 13.9 Å². The first kappa shape index (κ1) is 17.3. The molecule has 8 heteroatoms. The van der Waals surface area contributed by atoms with Crippen LogP contribution in [0.5, 0.6) is 0 Å². The highest BCUT2D eigenvalue weighted by Crippen LogP contribution is 2.15. The Bertz CT molecular complexity index is 438. The third-order valence-electron chi connectivity index (χ3n) is 3.50. The van der Waals surface area contributed by atoms with Gasteiger partial charge in [-0.05, 0) is 13.8 Å². The third-order valence-corrected chi connectivity index (χ3v) is 5.02. The molecule has 116 valence electrons. The predicted molar refractivity (Wildman–Crippen MR) is 76.3 cm³/mol. The number of hydrogen-bond donors (Lipinski definition) is 1. The molecule has 20 heavy (non-hydrogen) atoms. The molecule has 1 fully saturated rings. The molecule has 0 saturated carbocycles. The standard InChI is InChI=1S/C12H24N4O3S/c1-12(2,16-7-9-19-10-8-16)11-14-20(17,18)15(3)6-4-5-13/h14H,4,6-11H2,1-3H3. The van der Waals surface area contributed by atoms with E-state index in [1.165, 1.54) is 11.4 Å². The Morgan fingerprint density at radius 1 is 1.40 bits per heavy atom. The molecule has 1 aliphatic rings. The summed E-state index contributed by atoms with van der Waals surface area (Å²) in [5.41, 5.74) is -0.271. The molecule has 0 unspecified atom stereocenters. The van der Waals surface area contributed by atoms with Crippen LogP contribution in [0.15, 0.2) is 0 Å². The second kappa shape index (κ2) is 7.33. The smallest absolute Gasteiger partial charge is 0.279 e. The number of rotatable bonds is 7. The molecule has 1 saturated heterocycles. The fraction of sp³-hybridized carbons (Fsp3) is 0.917. The van der Waals surface area contributed by atoms with E-state index < -0.39 is 10.2 Å². The molecule has 0 amide bonds. The van der Waals surface area contributed by atoms with Crippen LogP contribution in [0.2, 0.25) is 0 Å². The highest BCUT2D eigenvalue weighted by molar-refractivity contribution is 7.87. The molecule has 1 rings (SSSR count). The minimum absolute atomic E-state index is 0.185. The van der Waals surface area contributed by atoms with E-state index in [2.05, 4.69) is 9.62 Å². The molecule has 0 spiro atoms. The lowest BCUT2D eigenvalue weighted by Gasteiger charge is -2.41. The van der Waals surface area contributed by atoms with Gasteiger partial charge in [-0.1, -0.05) is 0 Å². The Labute approximate surface area is 121 Å². The lowest BCUT2D eigenvalue weighted by molar-refractivity contribution is -0.00811. The first-order valence-corrected chi connectivity index (χ1v) is 8.14. The maximum Gasteiger partial charge on any atom is 0.279 e. The largest absolute Gasteiger partial charge is 0.379 e. The summed E-state index contributed by atoms with van der Waals surface area (Å²) in [6.45, 7) is 7.51. The van der Waals surface area contributed by atoms with Crippen LogP contribution in [0, 0.1) is 11.3 Å². The van der Waals surface area contributed by atoms with E-state index >= 15 is 0 Å². The van der Waals surface area contributed by atoms with Gasteiger partial charge in [0.15, 0.2) is 0 Å². The maximum atomic E-state index is 12.0. The van der Waals surface area contributed by atoms with Crippen LogP contribution in [0.1, 0.15) is 20.3 Å². The summed E-state index contributed by atoms with van der Waals surface area (Å²) in [5, 5.41) is 8.50. The number of hydrogen-bond acceptors (Lipinski definition) is 5. The molecule has 0 aliphatic carbocycles. The topological polar surface area (TPSA) is 85.7 Å². The molecule has 1 N–H and O–H groups in total. The van der Waals surface area contributed by atoms with Gasteiger partial charge >= 0.3 is 0 Å². The highest BCUT2D eigenvalue weighted by atomic mass is 32.2. The average Bonchev–Trinajstić information content (AvgIpc) is 2.43. The van der Waals surface area contributed by atoms with Gasteiger partial charge in [0.2, 0.25) is 0 Å². The summed E-state index contributed by atoms with van der Waals surface area (Å²) in [5.74, 6) is 0. The van der Waals surface area contributed by atoms with Crippen LogP contribution in [0.3, 0.4) is 0 Å². The number of morpholine rings is 1. The van der Waals surface area contributed by atoms with E-state index in [9.17, 15) is 8.42 Å². The Balaban J connectivity index is 2.53. The Kier molecular flexibility index (Phi) is 6.36. The Morgan fingerprint density at radius 3 is 2.55 bits per heavy atom. The van der Waals surface area contributed by atoms with Crippen molar-refractivity contribution in [2.75, 3.05) is 46.4 Å². The van der Waals surface area contributed by atoms with Gasteiger partial charge in [0.25, 0.3) is 10.2 Å². The van der Waals surface area contributed by atoms with Gasteiger partial charge in [-0.3, -0.25) is 4.90 Å². The Morgan fingerprint density at radius 2 is 2.00 bits per heavy atom. The van der Waals surface area contributed by atoms with Gasteiger partial charge in [0.05, 0.1) is 19.3 Å². The van der Waals surface area contributed by atoms with Gasteiger partial charge in [0.1, 0.15) is 0 Å². The molecule has 0 aromatic heterocycles. The number of ether oxygens (including phenoxy) is 1. The molecule has 0 radical (unpaired) electrons. The van der Waals surface area contributed by atoms with Gasteiger partial charge in [0, 0.05) is 45.2 Å². The van der Waals surface area contributed by atoms with Crippen molar-refractivity contribution in [2.24, 2.45) is 0 Å². The first-order valence-electron chi connectivity index (χ1n) is 6.70. The molecule has 0 aromatic rings. The molecule has 7 nitrogen and oxygen atoms in total. The lowest BCUT2D eigenvalue weighted by Crippen LogP contribution is -2.56. The van der Waals surface area contributed by atoms with E-state index in [1.54, 1.807) is 0 Å². The van der Waals surface area contributed by atoms with Crippen LogP contribution in [-0.4, -0.2) is 69.6 Å². The zero-order valence-electron chi connectivity index (χ0n) is 12.4. The first-order chi connectivity index (χ1) is 9.29. The number of nitrogens with zero attached hydrogens (tertiary/aromatic N) is 3. The fourth-order valence-corrected chi connectivity index (χ4v) is 3.07. The molecular formula is C12H24N4O3S. The fourth-order valence-electron chi connectivity index (χ4n) is 1.99. The SMILES string of the molecule is CN(CCC#N)S(=O)(=O)NCC(C)(C)N1CCOCC1. The minimum Gasteiger partial charge on any atom is -0.379 e. The van der Waals surface area contributed by atoms with Gasteiger partial charge in [-0.2, -0.15) is 18.0 Å². The van der Waals surface area contributed by atoms with Crippen molar-refractivity contribution in [1.29, 1.82) is 5.26 Å². The highest BCUT2D eigenvalue weighted by Gasteiger charge is 2.30. The van der Waals surface area contributed by atoms with E-state index in [0.29, 0.717) is 19.8 Å². The van der Waals surface area contributed by atoms with Crippen molar-refractivity contribution in [2.45, 2.75) is 25.8 Å². The van der Waals surface area contributed by atoms with Crippen LogP contribution in [0.4, 0.5) is 0 Å². The molecule has 0 bridgehead atoms. The van der Waals surface area contributed by atoms with Crippen LogP contribution < -0.4 is 4.72 Å². The van der Waals surface area contributed by atoms with E-state index in [-0.39, 0.29) is 18.5 Å². The quantitative estimate of drug-likeness (QED) is 0.702. The second-order valence-electron chi connectivity index (χ2n) is 5.47. The van der Waals surface area contributed by atoms with E-state index in [1.807, 2.05) is 19.9 Å². The summed E-state index contributed by atoms with van der Waals surface area (Å²) < 4.78 is 33.1. The monoisotopic (exact) mass is 304 g/mol. The summed E-state index contributed by atoms with van der Waals surface area (Å²) in [6.07, 6.45) is 0.185. The molecule has 0 atom stereocenters. The third kappa shape index (κ3) is 5.00. The zero-order valence-corrected chi connectivity index (χ0v) is 13.2. The zero-order chi connectivity index (χ0) is 15.2. The summed E-state index contributed by atoms with van der Waals surface area (Å²) in [6, 6.07) is 1.94. The number of nitriles is 1. The summed E-state index contributed by atoms with van der Waals surface area (Å²) >= 11 is 0. The average molecular weight is 304 g/mol. The van der Waals surface area contributed by atoms with Crippen molar-refractivity contribution >= 4 is 10.2 Å². The van der Waals surface area contributed by atoms with E-state index in [4.69, 9.17) is 10.00 Å². The molecule has 1 heterocycles. The van der Waals surface area contributed by atoms with Crippen molar-refractivity contribution in [3.05, 3.63) is 0 Å².